The van der Waals surface area contributed by atoms with Gasteiger partial charge in [-0.3, -0.25) is 14.4 Å². The van der Waals surface area contributed by atoms with Crippen molar-refractivity contribution in [3.63, 3.8) is 0 Å². The molecule has 0 saturated carbocycles. The highest BCUT2D eigenvalue weighted by molar-refractivity contribution is 5.94. The molecule has 4 rings (SSSR count). The summed E-state index contributed by atoms with van der Waals surface area (Å²) in [7, 11) is 0. The molecule has 0 spiro atoms. The highest BCUT2D eigenvalue weighted by Crippen LogP contribution is 2.20. The van der Waals surface area contributed by atoms with E-state index in [9.17, 15) is 14.4 Å². The lowest BCUT2D eigenvalue weighted by Crippen LogP contribution is -2.42. The van der Waals surface area contributed by atoms with Crippen LogP contribution in [-0.2, 0) is 11.3 Å². The maximum atomic E-state index is 12.6. The molecule has 2 fully saturated rings. The molecule has 7 heteroatoms. The molecule has 0 bridgehead atoms. The van der Waals surface area contributed by atoms with Crippen molar-refractivity contribution in [1.29, 1.82) is 0 Å². The van der Waals surface area contributed by atoms with Crippen LogP contribution in [-0.4, -0.2) is 53.7 Å². The normalized spacial score (nSPS) is 17.2. The van der Waals surface area contributed by atoms with E-state index in [0.29, 0.717) is 43.8 Å². The molecular formula is C23H27N3O4. The Kier molecular flexibility index (Phi) is 6.16. The number of rotatable bonds is 5. The molecule has 0 unspecified atom stereocenters. The fraction of sp³-hybridized carbons (Fsp3) is 0.435. The molecule has 0 radical (unpaired) electrons. The van der Waals surface area contributed by atoms with Crippen LogP contribution in [0.3, 0.4) is 0 Å². The number of carbonyl (C=O) groups excluding carboxylic acids is 3. The molecule has 1 aromatic heterocycles. The molecule has 3 heterocycles. The van der Waals surface area contributed by atoms with E-state index in [2.05, 4.69) is 5.32 Å². The van der Waals surface area contributed by atoms with Gasteiger partial charge >= 0.3 is 0 Å². The number of likely N-dealkylation sites (tertiary alicyclic amines) is 2. The van der Waals surface area contributed by atoms with Crippen LogP contribution < -0.4 is 5.32 Å². The molecule has 7 nitrogen and oxygen atoms in total. The summed E-state index contributed by atoms with van der Waals surface area (Å²) in [6.07, 6.45) is 4.87. The number of furan rings is 1. The lowest BCUT2D eigenvalue weighted by molar-refractivity contribution is -0.126. The van der Waals surface area contributed by atoms with E-state index < -0.39 is 0 Å². The SMILES string of the molecule is O=C(NCc1cccc(C(=O)N2CCCC2)c1)C1CCN(C(=O)c2ccco2)CC1. The lowest BCUT2D eigenvalue weighted by atomic mass is 9.95. The zero-order chi connectivity index (χ0) is 20.9. The second-order valence-corrected chi connectivity index (χ2v) is 7.96. The molecule has 1 aromatic carbocycles. The van der Waals surface area contributed by atoms with Crippen molar-refractivity contribution in [2.75, 3.05) is 26.2 Å². The first kappa shape index (κ1) is 20.2. The van der Waals surface area contributed by atoms with Gasteiger partial charge in [-0.15, -0.1) is 0 Å². The predicted octanol–water partition coefficient (Wildman–Crippen LogP) is 2.68. The minimum Gasteiger partial charge on any atom is -0.459 e. The maximum Gasteiger partial charge on any atom is 0.289 e. The minimum absolute atomic E-state index is 0.00336. The van der Waals surface area contributed by atoms with Gasteiger partial charge in [0.05, 0.1) is 6.26 Å². The van der Waals surface area contributed by atoms with Gasteiger partial charge in [0.2, 0.25) is 5.91 Å². The topological polar surface area (TPSA) is 82.9 Å². The molecule has 30 heavy (non-hydrogen) atoms. The third-order valence-electron chi connectivity index (χ3n) is 5.92. The van der Waals surface area contributed by atoms with E-state index in [1.54, 1.807) is 17.0 Å². The van der Waals surface area contributed by atoms with E-state index in [4.69, 9.17) is 4.42 Å². The van der Waals surface area contributed by atoms with Crippen molar-refractivity contribution in [2.24, 2.45) is 5.92 Å². The molecule has 0 aliphatic carbocycles. The number of amides is 3. The maximum absolute atomic E-state index is 12.6. The summed E-state index contributed by atoms with van der Waals surface area (Å²) in [4.78, 5) is 41.1. The van der Waals surface area contributed by atoms with Gasteiger partial charge in [0.15, 0.2) is 5.76 Å². The second kappa shape index (κ2) is 9.15. The minimum atomic E-state index is -0.127. The number of benzene rings is 1. The van der Waals surface area contributed by atoms with Gasteiger partial charge in [0.25, 0.3) is 11.8 Å². The summed E-state index contributed by atoms with van der Waals surface area (Å²) in [6, 6.07) is 10.8. The van der Waals surface area contributed by atoms with Crippen molar-refractivity contribution in [2.45, 2.75) is 32.2 Å². The molecule has 2 saturated heterocycles. The quantitative estimate of drug-likeness (QED) is 0.823. The molecule has 3 amide bonds. The highest BCUT2D eigenvalue weighted by Gasteiger charge is 2.28. The summed E-state index contributed by atoms with van der Waals surface area (Å²) in [5.74, 6) is 0.158. The number of nitrogens with one attached hydrogen (secondary N) is 1. The van der Waals surface area contributed by atoms with Crippen molar-refractivity contribution in [3.8, 4) is 0 Å². The van der Waals surface area contributed by atoms with Crippen molar-refractivity contribution in [1.82, 2.24) is 15.1 Å². The molecule has 1 N–H and O–H groups in total. The molecule has 2 aliphatic heterocycles. The van der Waals surface area contributed by atoms with Crippen LogP contribution in [0.4, 0.5) is 0 Å². The van der Waals surface area contributed by atoms with Gasteiger partial charge in [-0.25, -0.2) is 0 Å². The van der Waals surface area contributed by atoms with Gasteiger partial charge < -0.3 is 19.5 Å². The summed E-state index contributed by atoms with van der Waals surface area (Å²) >= 11 is 0. The van der Waals surface area contributed by atoms with Gasteiger partial charge in [0, 0.05) is 44.2 Å². The smallest absolute Gasteiger partial charge is 0.289 e. The number of hydrogen-bond acceptors (Lipinski definition) is 4. The monoisotopic (exact) mass is 409 g/mol. The highest BCUT2D eigenvalue weighted by atomic mass is 16.3. The van der Waals surface area contributed by atoms with Crippen molar-refractivity contribution in [3.05, 3.63) is 59.5 Å². The first-order chi connectivity index (χ1) is 14.6. The Hall–Kier alpha value is -3.09. The summed E-state index contributed by atoms with van der Waals surface area (Å²) in [5, 5.41) is 2.99. The summed E-state index contributed by atoms with van der Waals surface area (Å²) < 4.78 is 5.17. The Labute approximate surface area is 176 Å². The fourth-order valence-corrected chi connectivity index (χ4v) is 4.15. The average Bonchev–Trinajstić information content (AvgIpc) is 3.51. The molecule has 2 aromatic rings. The van der Waals surface area contributed by atoms with E-state index in [1.807, 2.05) is 29.2 Å². The molecular weight excluding hydrogens is 382 g/mol. The van der Waals surface area contributed by atoms with E-state index in [1.165, 1.54) is 6.26 Å². The predicted molar refractivity (Wildman–Crippen MR) is 111 cm³/mol. The Morgan fingerprint density at radius 2 is 1.67 bits per heavy atom. The van der Waals surface area contributed by atoms with Gasteiger partial charge in [-0.1, -0.05) is 12.1 Å². The van der Waals surface area contributed by atoms with Crippen molar-refractivity contribution >= 4 is 17.7 Å². The third kappa shape index (κ3) is 4.56. The number of piperidine rings is 1. The molecule has 2 aliphatic rings. The van der Waals surface area contributed by atoms with Crippen LogP contribution in [0, 0.1) is 5.92 Å². The van der Waals surface area contributed by atoms with E-state index in [0.717, 1.165) is 31.5 Å². The Morgan fingerprint density at radius 3 is 2.37 bits per heavy atom. The zero-order valence-electron chi connectivity index (χ0n) is 17.0. The van der Waals surface area contributed by atoms with Crippen LogP contribution >= 0.6 is 0 Å². The van der Waals surface area contributed by atoms with Gasteiger partial charge in [-0.2, -0.15) is 0 Å². The molecule has 158 valence electrons. The lowest BCUT2D eigenvalue weighted by Gasteiger charge is -2.30. The Balaban J connectivity index is 1.26. The average molecular weight is 409 g/mol. The van der Waals surface area contributed by atoms with Crippen LogP contribution in [0.2, 0.25) is 0 Å². The fourth-order valence-electron chi connectivity index (χ4n) is 4.15. The first-order valence-corrected chi connectivity index (χ1v) is 10.6. The Morgan fingerprint density at radius 1 is 0.933 bits per heavy atom. The largest absolute Gasteiger partial charge is 0.459 e. The van der Waals surface area contributed by atoms with Crippen LogP contribution in [0.25, 0.3) is 0 Å². The van der Waals surface area contributed by atoms with Crippen LogP contribution in [0.15, 0.2) is 47.1 Å². The van der Waals surface area contributed by atoms with Gasteiger partial charge in [0.1, 0.15) is 0 Å². The third-order valence-corrected chi connectivity index (χ3v) is 5.92. The first-order valence-electron chi connectivity index (χ1n) is 10.6. The van der Waals surface area contributed by atoms with E-state index in [-0.39, 0.29) is 23.6 Å². The number of nitrogens with zero attached hydrogens (tertiary/aromatic N) is 2. The molecule has 0 atom stereocenters. The summed E-state index contributed by atoms with van der Waals surface area (Å²) in [5.41, 5.74) is 1.59. The zero-order valence-corrected chi connectivity index (χ0v) is 17.0. The standard InChI is InChI=1S/C23H27N3O4/c27-21(18-8-12-26(13-9-18)23(29)20-7-4-14-30-20)24-16-17-5-3-6-19(15-17)22(28)25-10-1-2-11-25/h3-7,14-15,18H,1-2,8-13,16H2,(H,24,27). The van der Waals surface area contributed by atoms with Crippen molar-refractivity contribution < 1.29 is 18.8 Å². The van der Waals surface area contributed by atoms with Crippen LogP contribution in [0.1, 0.15) is 52.2 Å². The van der Waals surface area contributed by atoms with E-state index >= 15 is 0 Å². The second-order valence-electron chi connectivity index (χ2n) is 7.96. The van der Waals surface area contributed by atoms with Crippen LogP contribution in [0.5, 0.6) is 0 Å². The summed E-state index contributed by atoms with van der Waals surface area (Å²) in [6.45, 7) is 3.11. The number of hydrogen-bond donors (Lipinski definition) is 1. The number of carbonyl (C=O) groups is 3. The van der Waals surface area contributed by atoms with Gasteiger partial charge in [-0.05, 0) is 55.5 Å². The Bertz CT molecular complexity index is 895.